The Balaban J connectivity index is 1.37. The lowest BCUT2D eigenvalue weighted by atomic mass is 9.72. The molecule has 45 heavy (non-hydrogen) atoms. The van der Waals surface area contributed by atoms with Gasteiger partial charge in [-0.2, -0.15) is 13.2 Å². The molecule has 0 aliphatic heterocycles. The molecule has 0 unspecified atom stereocenters. The molecule has 0 saturated heterocycles. The molecule has 1 fully saturated rings. The maximum Gasteiger partial charge on any atom is 0.418 e. The first-order chi connectivity index (χ1) is 21.2. The maximum atomic E-state index is 14.3. The van der Waals surface area contributed by atoms with E-state index in [0.717, 1.165) is 41.1 Å². The fraction of sp³-hybridized carbons (Fsp3) is 0.500. The van der Waals surface area contributed by atoms with E-state index in [0.29, 0.717) is 36.7 Å². The van der Waals surface area contributed by atoms with Gasteiger partial charge < -0.3 is 19.5 Å². The van der Waals surface area contributed by atoms with Gasteiger partial charge in [0.1, 0.15) is 17.8 Å². The topological polar surface area (TPSA) is 98.7 Å². The quantitative estimate of drug-likeness (QED) is 0.233. The normalized spacial score (nSPS) is 14.8. The molecule has 10 nitrogen and oxygen atoms in total. The lowest BCUT2D eigenvalue weighted by Gasteiger charge is -2.33. The summed E-state index contributed by atoms with van der Waals surface area (Å²) in [6.07, 6.45) is 3.04. The lowest BCUT2D eigenvalue weighted by molar-refractivity contribution is -0.136. The Labute approximate surface area is 259 Å². The second-order valence-corrected chi connectivity index (χ2v) is 12.8. The molecule has 3 heterocycles. The number of pyridine rings is 1. The molecular formula is C32H40F3N7O3. The van der Waals surface area contributed by atoms with E-state index in [-0.39, 0.29) is 18.0 Å². The lowest BCUT2D eigenvalue weighted by Crippen LogP contribution is -2.35. The Bertz CT molecular complexity index is 1710. The number of nitrogens with one attached hydrogen (secondary N) is 1. The molecule has 1 saturated carbocycles. The van der Waals surface area contributed by atoms with Gasteiger partial charge >= 0.3 is 18.0 Å². The number of rotatable bonds is 10. The minimum Gasteiger partial charge on any atom is -0.444 e. The van der Waals surface area contributed by atoms with E-state index < -0.39 is 29.1 Å². The molecule has 1 aliphatic rings. The summed E-state index contributed by atoms with van der Waals surface area (Å²) in [4.78, 5) is 27.2. The zero-order valence-corrected chi connectivity index (χ0v) is 26.3. The van der Waals surface area contributed by atoms with Crippen LogP contribution in [-0.2, 0) is 24.5 Å². The zero-order valence-electron chi connectivity index (χ0n) is 26.3. The van der Waals surface area contributed by atoms with Gasteiger partial charge in [0.25, 0.3) is 0 Å². The van der Waals surface area contributed by atoms with Crippen molar-refractivity contribution in [2.24, 2.45) is 13.0 Å². The molecule has 1 amide bonds. The minimum absolute atomic E-state index is 0.0359. The van der Waals surface area contributed by atoms with Crippen LogP contribution >= 0.6 is 0 Å². The van der Waals surface area contributed by atoms with Crippen LogP contribution < -0.4 is 11.0 Å². The van der Waals surface area contributed by atoms with Crippen LogP contribution in [0.15, 0.2) is 53.8 Å². The van der Waals surface area contributed by atoms with E-state index >= 15 is 0 Å². The third-order valence-electron chi connectivity index (χ3n) is 8.16. The number of aromatic nitrogens is 5. The van der Waals surface area contributed by atoms with Crippen molar-refractivity contribution in [3.63, 3.8) is 0 Å². The number of nitrogens with zero attached hydrogens (tertiary/aromatic N) is 6. The zero-order chi connectivity index (χ0) is 32.5. The number of aryl methyl sites for hydroxylation is 1. The standard InChI is InChI=1S/C32H40F3N7O3/c1-31(2,3)45-30(44)39(4)14-8-13-36-17-21-15-25(32(33,34)35)26-19-41(29(43)42(26)18-21)24-12-7-11-23(16-24)27(22-9-6-10-22)28-38-37-20-40(28)5/h7,11-12,15-16,18-20,22,27,36H,6,8-10,13-14,17H2,1-5H3/t27-/m1/s1. The van der Waals surface area contributed by atoms with Crippen LogP contribution in [0.3, 0.4) is 0 Å². The molecule has 13 heteroatoms. The van der Waals surface area contributed by atoms with Gasteiger partial charge in [0.05, 0.1) is 16.8 Å². The highest BCUT2D eigenvalue weighted by molar-refractivity contribution is 5.67. The molecule has 0 spiro atoms. The van der Waals surface area contributed by atoms with E-state index in [1.54, 1.807) is 40.2 Å². The van der Waals surface area contributed by atoms with Crippen LogP contribution in [0.5, 0.6) is 0 Å². The molecule has 1 N–H and O–H groups in total. The summed E-state index contributed by atoms with van der Waals surface area (Å²) < 4.78 is 52.3. The fourth-order valence-electron chi connectivity index (χ4n) is 5.71. The van der Waals surface area contributed by atoms with Gasteiger partial charge in [-0.15, -0.1) is 10.2 Å². The second-order valence-electron chi connectivity index (χ2n) is 12.8. The monoisotopic (exact) mass is 627 g/mol. The third-order valence-corrected chi connectivity index (χ3v) is 8.16. The Morgan fingerprint density at radius 3 is 2.56 bits per heavy atom. The Morgan fingerprint density at radius 1 is 1.18 bits per heavy atom. The van der Waals surface area contributed by atoms with Crippen molar-refractivity contribution < 1.29 is 22.7 Å². The first kappa shape index (κ1) is 32.3. The number of amides is 1. The highest BCUT2D eigenvalue weighted by Gasteiger charge is 2.35. The van der Waals surface area contributed by atoms with E-state index in [2.05, 4.69) is 15.5 Å². The minimum atomic E-state index is -4.67. The first-order valence-corrected chi connectivity index (χ1v) is 15.2. The number of ether oxygens (including phenoxy) is 1. The van der Waals surface area contributed by atoms with Crippen LogP contribution in [-0.4, -0.2) is 60.5 Å². The number of carbonyl (C=O) groups is 1. The Morgan fingerprint density at radius 2 is 1.93 bits per heavy atom. The van der Waals surface area contributed by atoms with Gasteiger partial charge in [0.15, 0.2) is 0 Å². The number of benzene rings is 1. The number of alkyl halides is 3. The van der Waals surface area contributed by atoms with Crippen LogP contribution in [0.2, 0.25) is 0 Å². The first-order valence-electron chi connectivity index (χ1n) is 15.2. The summed E-state index contributed by atoms with van der Waals surface area (Å²) in [5, 5.41) is 11.5. The van der Waals surface area contributed by atoms with Crippen molar-refractivity contribution in [2.75, 3.05) is 20.1 Å². The number of imidazole rings is 1. The number of fused-ring (bicyclic) bond motifs is 1. The largest absolute Gasteiger partial charge is 0.444 e. The van der Waals surface area contributed by atoms with E-state index in [9.17, 15) is 22.8 Å². The summed E-state index contributed by atoms with van der Waals surface area (Å²) in [7, 11) is 3.52. The average molecular weight is 628 g/mol. The van der Waals surface area contributed by atoms with Crippen molar-refractivity contribution in [3.8, 4) is 5.69 Å². The molecule has 5 rings (SSSR count). The van der Waals surface area contributed by atoms with Crippen molar-refractivity contribution in [1.82, 2.24) is 33.9 Å². The summed E-state index contributed by atoms with van der Waals surface area (Å²) in [6, 6.07) is 8.46. The summed E-state index contributed by atoms with van der Waals surface area (Å²) in [6.45, 7) is 6.34. The Hall–Kier alpha value is -4.13. The SMILES string of the molecule is CN(CCCNCc1cc(C(F)(F)F)c2cn(-c3cccc([C@H](c4nncn4C)C4CCC4)c3)c(=O)n2c1)C(=O)OC(C)(C)C. The highest BCUT2D eigenvalue weighted by atomic mass is 19.4. The molecule has 4 aromatic rings. The van der Waals surface area contributed by atoms with Gasteiger partial charge in [0, 0.05) is 45.5 Å². The van der Waals surface area contributed by atoms with Gasteiger partial charge in [-0.05, 0) is 81.8 Å². The average Bonchev–Trinajstić information content (AvgIpc) is 3.51. The van der Waals surface area contributed by atoms with Gasteiger partial charge in [-0.25, -0.2) is 9.59 Å². The summed E-state index contributed by atoms with van der Waals surface area (Å²) in [5.41, 5.74) is -0.560. The highest BCUT2D eigenvalue weighted by Crippen LogP contribution is 2.43. The van der Waals surface area contributed by atoms with E-state index in [4.69, 9.17) is 4.74 Å². The van der Waals surface area contributed by atoms with Crippen molar-refractivity contribution in [3.05, 3.63) is 82.1 Å². The van der Waals surface area contributed by atoms with Crippen LogP contribution in [0.1, 0.15) is 74.9 Å². The predicted molar refractivity (Wildman–Crippen MR) is 163 cm³/mol. The molecule has 0 bridgehead atoms. The van der Waals surface area contributed by atoms with Crippen LogP contribution in [0, 0.1) is 5.92 Å². The van der Waals surface area contributed by atoms with E-state index in [1.807, 2.05) is 29.8 Å². The number of halogens is 3. The smallest absolute Gasteiger partial charge is 0.418 e. The van der Waals surface area contributed by atoms with Crippen molar-refractivity contribution in [1.29, 1.82) is 0 Å². The third kappa shape index (κ3) is 7.24. The molecule has 3 aromatic heterocycles. The van der Waals surface area contributed by atoms with Gasteiger partial charge in [0.2, 0.25) is 0 Å². The predicted octanol–water partition coefficient (Wildman–Crippen LogP) is 5.52. The Kier molecular flexibility index (Phi) is 9.11. The number of hydrogen-bond acceptors (Lipinski definition) is 6. The molecule has 1 aliphatic carbocycles. The van der Waals surface area contributed by atoms with Gasteiger partial charge in [-0.1, -0.05) is 18.6 Å². The van der Waals surface area contributed by atoms with Gasteiger partial charge in [-0.3, -0.25) is 8.97 Å². The summed E-state index contributed by atoms with van der Waals surface area (Å²) >= 11 is 0. The number of hydrogen-bond donors (Lipinski definition) is 1. The van der Waals surface area contributed by atoms with Crippen LogP contribution in [0.25, 0.3) is 11.2 Å². The summed E-state index contributed by atoms with van der Waals surface area (Å²) in [5.74, 6) is 1.16. The van der Waals surface area contributed by atoms with Crippen molar-refractivity contribution in [2.45, 2.75) is 70.7 Å². The van der Waals surface area contributed by atoms with E-state index in [1.165, 1.54) is 21.9 Å². The van der Waals surface area contributed by atoms with Crippen LogP contribution in [0.4, 0.5) is 18.0 Å². The molecular weight excluding hydrogens is 587 g/mol. The molecule has 0 radical (unpaired) electrons. The number of carbonyl (C=O) groups excluding carboxylic acids is 1. The molecule has 1 atom stereocenters. The maximum absolute atomic E-state index is 14.3. The van der Waals surface area contributed by atoms with Crippen molar-refractivity contribution >= 4 is 11.6 Å². The second kappa shape index (κ2) is 12.7. The molecule has 242 valence electrons. The fourth-order valence-corrected chi connectivity index (χ4v) is 5.71. The molecule has 1 aromatic carbocycles.